The molecule has 1 aromatic rings. The summed E-state index contributed by atoms with van der Waals surface area (Å²) in [5.41, 5.74) is 0.732. The molecule has 0 bridgehead atoms. The molecule has 2 rings (SSSR count). The van der Waals surface area contributed by atoms with Crippen LogP contribution in [0.3, 0.4) is 0 Å². The van der Waals surface area contributed by atoms with E-state index in [0.29, 0.717) is 11.4 Å². The number of rotatable bonds is 7. The maximum Gasteiger partial charge on any atom is 0.308 e. The summed E-state index contributed by atoms with van der Waals surface area (Å²) in [5, 5.41) is 3.48. The third kappa shape index (κ3) is 5.68. The molecular weight excluding hydrogens is 326 g/mol. The lowest BCUT2D eigenvalue weighted by Crippen LogP contribution is -2.32. The molecule has 0 saturated carbocycles. The van der Waals surface area contributed by atoms with Crippen molar-refractivity contribution in [3.8, 4) is 0 Å². The highest BCUT2D eigenvalue weighted by Crippen LogP contribution is 2.27. The summed E-state index contributed by atoms with van der Waals surface area (Å²) < 4.78 is 5.21. The highest BCUT2D eigenvalue weighted by Gasteiger charge is 2.23. The first-order valence-corrected chi connectivity index (χ1v) is 8.73. The predicted octanol–water partition coefficient (Wildman–Crippen LogP) is 4.20. The van der Waals surface area contributed by atoms with E-state index < -0.39 is 6.04 Å². The lowest BCUT2D eigenvalue weighted by atomic mass is 10.0. The monoisotopic (exact) mass is 349 g/mol. The van der Waals surface area contributed by atoms with Crippen molar-refractivity contribution < 1.29 is 14.3 Å². The molecule has 0 saturated heterocycles. The predicted molar refractivity (Wildman–Crippen MR) is 94.7 cm³/mol. The molecule has 5 heteroatoms. The van der Waals surface area contributed by atoms with E-state index in [2.05, 4.69) is 17.5 Å². The van der Waals surface area contributed by atoms with Crippen LogP contribution in [0.2, 0.25) is 5.02 Å². The molecule has 0 radical (unpaired) electrons. The summed E-state index contributed by atoms with van der Waals surface area (Å²) in [6, 6.07) is 6.76. The molecule has 2 unspecified atom stereocenters. The first-order valence-electron chi connectivity index (χ1n) is 8.35. The van der Waals surface area contributed by atoms with Crippen LogP contribution in [0.1, 0.15) is 51.1 Å². The molecule has 130 valence electrons. The van der Waals surface area contributed by atoms with E-state index in [9.17, 15) is 9.59 Å². The summed E-state index contributed by atoms with van der Waals surface area (Å²) in [4.78, 5) is 24.4. The van der Waals surface area contributed by atoms with Gasteiger partial charge in [0.25, 0.3) is 0 Å². The SMILES string of the molecule is CC(C)OC(=O)CC(NC(=O)CC1C=CCC1)c1ccccc1Cl. The van der Waals surface area contributed by atoms with Gasteiger partial charge in [-0.2, -0.15) is 0 Å². The summed E-state index contributed by atoms with van der Waals surface area (Å²) >= 11 is 6.25. The van der Waals surface area contributed by atoms with Crippen molar-refractivity contribution in [1.82, 2.24) is 5.32 Å². The van der Waals surface area contributed by atoms with E-state index >= 15 is 0 Å². The Hall–Kier alpha value is -1.81. The zero-order chi connectivity index (χ0) is 17.5. The number of carbonyl (C=O) groups is 2. The molecule has 0 spiro atoms. The Kier molecular flexibility index (Phi) is 6.85. The lowest BCUT2D eigenvalue weighted by molar-refractivity contribution is -0.148. The van der Waals surface area contributed by atoms with Gasteiger partial charge in [-0.1, -0.05) is 42.0 Å². The molecule has 24 heavy (non-hydrogen) atoms. The smallest absolute Gasteiger partial charge is 0.308 e. The van der Waals surface area contributed by atoms with Crippen molar-refractivity contribution >= 4 is 23.5 Å². The van der Waals surface area contributed by atoms with Crippen LogP contribution in [0.25, 0.3) is 0 Å². The van der Waals surface area contributed by atoms with Crippen LogP contribution in [0.5, 0.6) is 0 Å². The van der Waals surface area contributed by atoms with E-state index in [1.54, 1.807) is 19.9 Å². The highest BCUT2D eigenvalue weighted by atomic mass is 35.5. The van der Waals surface area contributed by atoms with Crippen molar-refractivity contribution in [3.63, 3.8) is 0 Å². The Morgan fingerprint density at radius 1 is 1.33 bits per heavy atom. The highest BCUT2D eigenvalue weighted by molar-refractivity contribution is 6.31. The minimum absolute atomic E-state index is 0.0637. The molecule has 2 atom stereocenters. The van der Waals surface area contributed by atoms with Gasteiger partial charge in [0.05, 0.1) is 18.6 Å². The maximum absolute atomic E-state index is 12.4. The van der Waals surface area contributed by atoms with Gasteiger partial charge < -0.3 is 10.1 Å². The van der Waals surface area contributed by atoms with E-state index in [4.69, 9.17) is 16.3 Å². The van der Waals surface area contributed by atoms with Gasteiger partial charge in [0.1, 0.15) is 0 Å². The van der Waals surface area contributed by atoms with E-state index in [0.717, 1.165) is 18.4 Å². The number of nitrogens with one attached hydrogen (secondary N) is 1. The number of amides is 1. The van der Waals surface area contributed by atoms with E-state index in [1.165, 1.54) is 0 Å². The number of benzene rings is 1. The number of hydrogen-bond acceptors (Lipinski definition) is 3. The molecule has 0 heterocycles. The van der Waals surface area contributed by atoms with Crippen molar-refractivity contribution in [2.24, 2.45) is 5.92 Å². The van der Waals surface area contributed by atoms with Gasteiger partial charge in [0.15, 0.2) is 0 Å². The molecule has 1 aromatic carbocycles. The molecule has 0 fully saturated rings. The molecule has 1 aliphatic carbocycles. The third-order valence-corrected chi connectivity index (χ3v) is 4.26. The number of ether oxygens (including phenoxy) is 1. The number of halogens is 1. The minimum Gasteiger partial charge on any atom is -0.463 e. The Labute approximate surface area is 148 Å². The molecule has 0 aliphatic heterocycles. The van der Waals surface area contributed by atoms with Gasteiger partial charge in [-0.25, -0.2) is 0 Å². The van der Waals surface area contributed by atoms with Gasteiger partial charge in [-0.3, -0.25) is 9.59 Å². The topological polar surface area (TPSA) is 55.4 Å². The van der Waals surface area contributed by atoms with Gasteiger partial charge in [0.2, 0.25) is 5.91 Å². The standard InChI is InChI=1S/C19H24ClNO3/c1-13(2)24-19(23)12-17(15-9-5-6-10-16(15)20)21-18(22)11-14-7-3-4-8-14/h3,5-7,9-10,13-14,17H,4,8,11-12H2,1-2H3,(H,21,22). The van der Waals surface area contributed by atoms with Crippen LogP contribution in [0.15, 0.2) is 36.4 Å². The maximum atomic E-state index is 12.4. The number of esters is 1. The number of hydrogen-bond donors (Lipinski definition) is 1. The molecule has 0 aromatic heterocycles. The molecule has 1 amide bonds. The molecular formula is C19H24ClNO3. The van der Waals surface area contributed by atoms with Crippen molar-refractivity contribution in [1.29, 1.82) is 0 Å². The minimum atomic E-state index is -0.483. The Bertz CT molecular complexity index is 612. The van der Waals surface area contributed by atoms with Gasteiger partial charge >= 0.3 is 5.97 Å². The van der Waals surface area contributed by atoms with Crippen LogP contribution in [-0.2, 0) is 14.3 Å². The largest absolute Gasteiger partial charge is 0.463 e. The van der Waals surface area contributed by atoms with Crippen LogP contribution in [0, 0.1) is 5.92 Å². The van der Waals surface area contributed by atoms with Gasteiger partial charge in [0, 0.05) is 11.4 Å². The van der Waals surface area contributed by atoms with Gasteiger partial charge in [-0.15, -0.1) is 0 Å². The zero-order valence-corrected chi connectivity index (χ0v) is 14.9. The molecule has 1 aliphatic rings. The average molecular weight is 350 g/mol. The first kappa shape index (κ1) is 18.5. The van der Waals surface area contributed by atoms with Crippen LogP contribution >= 0.6 is 11.6 Å². The summed E-state index contributed by atoms with van der Waals surface area (Å²) in [7, 11) is 0. The second-order valence-corrected chi connectivity index (χ2v) is 6.76. The molecule has 1 N–H and O–H groups in total. The summed E-state index contributed by atoms with van der Waals surface area (Å²) in [6.45, 7) is 3.60. The Balaban J connectivity index is 2.07. The van der Waals surface area contributed by atoms with Crippen LogP contribution in [0.4, 0.5) is 0 Å². The van der Waals surface area contributed by atoms with Crippen molar-refractivity contribution in [2.45, 2.75) is 51.7 Å². The van der Waals surface area contributed by atoms with Crippen molar-refractivity contribution in [2.75, 3.05) is 0 Å². The Morgan fingerprint density at radius 2 is 2.08 bits per heavy atom. The summed E-state index contributed by atoms with van der Waals surface area (Å²) in [5.74, 6) is -0.149. The van der Waals surface area contributed by atoms with Gasteiger partial charge in [-0.05, 0) is 44.2 Å². The van der Waals surface area contributed by atoms with Crippen LogP contribution in [-0.4, -0.2) is 18.0 Å². The second kappa shape index (κ2) is 8.88. The number of allylic oxidation sites excluding steroid dienone is 2. The van der Waals surface area contributed by atoms with E-state index in [1.807, 2.05) is 18.2 Å². The second-order valence-electron chi connectivity index (χ2n) is 6.35. The fraction of sp³-hybridized carbons (Fsp3) is 0.474. The quantitative estimate of drug-likeness (QED) is 0.593. The first-order chi connectivity index (χ1) is 11.5. The van der Waals surface area contributed by atoms with Crippen LogP contribution < -0.4 is 5.32 Å². The van der Waals surface area contributed by atoms with E-state index in [-0.39, 0.29) is 30.3 Å². The fourth-order valence-corrected chi connectivity index (χ4v) is 3.10. The molecule has 4 nitrogen and oxygen atoms in total. The number of carbonyl (C=O) groups excluding carboxylic acids is 2. The lowest BCUT2D eigenvalue weighted by Gasteiger charge is -2.21. The summed E-state index contributed by atoms with van der Waals surface area (Å²) in [6.07, 6.45) is 6.50. The third-order valence-electron chi connectivity index (χ3n) is 3.91. The Morgan fingerprint density at radius 3 is 2.71 bits per heavy atom. The average Bonchev–Trinajstić information content (AvgIpc) is 2.99. The fourth-order valence-electron chi connectivity index (χ4n) is 2.83. The normalized spacial score (nSPS) is 17.8. The van der Waals surface area contributed by atoms with Crippen molar-refractivity contribution in [3.05, 3.63) is 47.0 Å². The zero-order valence-electron chi connectivity index (χ0n) is 14.1.